The van der Waals surface area contributed by atoms with Gasteiger partial charge in [0.25, 0.3) is 0 Å². The van der Waals surface area contributed by atoms with Gasteiger partial charge in [-0.3, -0.25) is 0 Å². The van der Waals surface area contributed by atoms with Gasteiger partial charge in [-0.1, -0.05) is 101 Å². The molecule has 0 aliphatic carbocycles. The average Bonchev–Trinajstić information content (AvgIpc) is 2.82. The summed E-state index contributed by atoms with van der Waals surface area (Å²) in [6.45, 7) is 4.53. The molecule has 4 aromatic rings. The zero-order chi connectivity index (χ0) is 20.8. The maximum absolute atomic E-state index is 2.30. The molecule has 0 bridgehead atoms. The van der Waals surface area contributed by atoms with Crippen molar-refractivity contribution >= 4 is 17.1 Å². The van der Waals surface area contributed by atoms with Gasteiger partial charge in [0.15, 0.2) is 0 Å². The zero-order valence-electron chi connectivity index (χ0n) is 17.8. The predicted octanol–water partition coefficient (Wildman–Crippen LogP) is 9.53. The summed E-state index contributed by atoms with van der Waals surface area (Å²) in [5.74, 6) is 0.625. The number of rotatable bonds is 7. The number of hydrogen-bond acceptors (Lipinski definition) is 1. The van der Waals surface area contributed by atoms with Gasteiger partial charge in [0.2, 0.25) is 0 Å². The summed E-state index contributed by atoms with van der Waals surface area (Å²) < 4.78 is 0. The van der Waals surface area contributed by atoms with E-state index in [9.17, 15) is 0 Å². The molecule has 166 valence electrons. The standard InChI is InChI=1S/C29H29N.2CH4/c1-3-23(2)26-18-14-24(15-19-26)22-25-16-20-29(21-17-25)30(27-10-6-4-7-11-27)28-12-8-5-9-13-28;;/h4-21,23H,3,22H2,1-2H3;2*1H4. The first-order valence-electron chi connectivity index (χ1n) is 10.8. The van der Waals surface area contributed by atoms with Gasteiger partial charge in [-0.15, -0.1) is 0 Å². The Kier molecular flexibility index (Phi) is 9.28. The van der Waals surface area contributed by atoms with E-state index in [1.54, 1.807) is 0 Å². The molecule has 4 rings (SSSR count). The molecule has 0 spiro atoms. The molecular formula is C31H37N. The smallest absolute Gasteiger partial charge is 0.0461 e. The van der Waals surface area contributed by atoms with Gasteiger partial charge >= 0.3 is 0 Å². The largest absolute Gasteiger partial charge is 0.311 e. The summed E-state index contributed by atoms with van der Waals surface area (Å²) >= 11 is 0. The first-order chi connectivity index (χ1) is 14.7. The van der Waals surface area contributed by atoms with Crippen LogP contribution in [-0.2, 0) is 6.42 Å². The lowest BCUT2D eigenvalue weighted by Crippen LogP contribution is -2.09. The lowest BCUT2D eigenvalue weighted by atomic mass is 9.96. The molecule has 0 N–H and O–H groups in total. The molecule has 0 saturated carbocycles. The summed E-state index contributed by atoms with van der Waals surface area (Å²) in [4.78, 5) is 2.30. The van der Waals surface area contributed by atoms with Crippen molar-refractivity contribution in [2.45, 2.75) is 47.5 Å². The fraction of sp³-hybridized carbons (Fsp3) is 0.226. The highest BCUT2D eigenvalue weighted by molar-refractivity contribution is 5.76. The van der Waals surface area contributed by atoms with Crippen LogP contribution in [0.4, 0.5) is 17.1 Å². The monoisotopic (exact) mass is 423 g/mol. The van der Waals surface area contributed by atoms with Crippen LogP contribution in [0.25, 0.3) is 0 Å². The van der Waals surface area contributed by atoms with E-state index in [1.807, 2.05) is 0 Å². The summed E-state index contributed by atoms with van der Waals surface area (Å²) in [6.07, 6.45) is 2.14. The van der Waals surface area contributed by atoms with Crippen molar-refractivity contribution in [1.29, 1.82) is 0 Å². The Labute approximate surface area is 195 Å². The van der Waals surface area contributed by atoms with Gasteiger partial charge in [0, 0.05) is 17.1 Å². The first-order valence-corrected chi connectivity index (χ1v) is 10.8. The Morgan fingerprint density at radius 1 is 0.562 bits per heavy atom. The second kappa shape index (κ2) is 11.9. The minimum Gasteiger partial charge on any atom is -0.311 e. The highest BCUT2D eigenvalue weighted by Gasteiger charge is 2.11. The van der Waals surface area contributed by atoms with Gasteiger partial charge in [-0.25, -0.2) is 0 Å². The third kappa shape index (κ3) is 5.88. The van der Waals surface area contributed by atoms with Crippen LogP contribution in [0.1, 0.15) is 57.7 Å². The number of anilines is 3. The maximum Gasteiger partial charge on any atom is 0.0461 e. The van der Waals surface area contributed by atoms with E-state index >= 15 is 0 Å². The molecule has 1 unspecified atom stereocenters. The molecule has 1 heteroatoms. The minimum atomic E-state index is 0. The van der Waals surface area contributed by atoms with Gasteiger partial charge in [0.1, 0.15) is 0 Å². The second-order valence-corrected chi connectivity index (χ2v) is 7.90. The SMILES string of the molecule is C.C.CCC(C)c1ccc(Cc2ccc(N(c3ccccc3)c3ccccc3)cc2)cc1. The van der Waals surface area contributed by atoms with Crippen LogP contribution in [0.15, 0.2) is 109 Å². The molecular weight excluding hydrogens is 386 g/mol. The molecule has 0 radical (unpaired) electrons. The highest BCUT2D eigenvalue weighted by atomic mass is 15.1. The van der Waals surface area contributed by atoms with Crippen molar-refractivity contribution in [2.24, 2.45) is 0 Å². The predicted molar refractivity (Wildman–Crippen MR) is 143 cm³/mol. The third-order valence-corrected chi connectivity index (χ3v) is 5.79. The molecule has 4 aromatic carbocycles. The van der Waals surface area contributed by atoms with Crippen LogP contribution in [0, 0.1) is 0 Å². The summed E-state index contributed by atoms with van der Waals surface area (Å²) in [6, 6.07) is 39.1. The molecule has 0 amide bonds. The van der Waals surface area contributed by atoms with Crippen molar-refractivity contribution in [1.82, 2.24) is 0 Å². The Bertz CT molecular complexity index is 996. The Hall–Kier alpha value is -3.32. The first kappa shape index (κ1) is 24.9. The van der Waals surface area contributed by atoms with Gasteiger partial charge in [-0.2, -0.15) is 0 Å². The van der Waals surface area contributed by atoms with E-state index in [1.165, 1.54) is 28.8 Å². The van der Waals surface area contributed by atoms with E-state index in [4.69, 9.17) is 0 Å². The fourth-order valence-electron chi connectivity index (χ4n) is 3.80. The molecule has 1 nitrogen and oxygen atoms in total. The molecule has 0 saturated heterocycles. The summed E-state index contributed by atoms with van der Waals surface area (Å²) in [5, 5.41) is 0. The highest BCUT2D eigenvalue weighted by Crippen LogP contribution is 2.34. The Morgan fingerprint density at radius 2 is 0.969 bits per heavy atom. The number of nitrogens with zero attached hydrogens (tertiary/aromatic N) is 1. The molecule has 0 aliphatic heterocycles. The molecule has 32 heavy (non-hydrogen) atoms. The average molecular weight is 424 g/mol. The van der Waals surface area contributed by atoms with E-state index in [0.29, 0.717) is 5.92 Å². The van der Waals surface area contributed by atoms with Gasteiger partial charge < -0.3 is 4.90 Å². The summed E-state index contributed by atoms with van der Waals surface area (Å²) in [5.41, 5.74) is 7.62. The number of para-hydroxylation sites is 2. The lowest BCUT2D eigenvalue weighted by molar-refractivity contribution is 0.733. The topological polar surface area (TPSA) is 3.24 Å². The van der Waals surface area contributed by atoms with E-state index in [2.05, 4.69) is 128 Å². The summed E-state index contributed by atoms with van der Waals surface area (Å²) in [7, 11) is 0. The van der Waals surface area contributed by atoms with Crippen molar-refractivity contribution < 1.29 is 0 Å². The van der Waals surface area contributed by atoms with E-state index < -0.39 is 0 Å². The molecule has 1 atom stereocenters. The van der Waals surface area contributed by atoms with Crippen LogP contribution in [-0.4, -0.2) is 0 Å². The van der Waals surface area contributed by atoms with Crippen LogP contribution in [0.3, 0.4) is 0 Å². The third-order valence-electron chi connectivity index (χ3n) is 5.79. The van der Waals surface area contributed by atoms with Gasteiger partial charge in [0.05, 0.1) is 0 Å². The van der Waals surface area contributed by atoms with E-state index in [0.717, 1.165) is 17.8 Å². The van der Waals surface area contributed by atoms with E-state index in [-0.39, 0.29) is 14.9 Å². The van der Waals surface area contributed by atoms with Crippen molar-refractivity contribution in [3.05, 3.63) is 126 Å². The quantitative estimate of drug-likeness (QED) is 0.286. The van der Waals surface area contributed by atoms with Crippen LogP contribution < -0.4 is 4.90 Å². The molecule has 0 aromatic heterocycles. The number of hydrogen-bond donors (Lipinski definition) is 0. The molecule has 0 fully saturated rings. The number of benzene rings is 4. The maximum atomic E-state index is 2.30. The lowest BCUT2D eigenvalue weighted by Gasteiger charge is -2.25. The van der Waals surface area contributed by atoms with Crippen molar-refractivity contribution in [2.75, 3.05) is 4.90 Å². The molecule has 0 heterocycles. The zero-order valence-corrected chi connectivity index (χ0v) is 17.8. The van der Waals surface area contributed by atoms with Crippen molar-refractivity contribution in [3.8, 4) is 0 Å². The van der Waals surface area contributed by atoms with Crippen LogP contribution >= 0.6 is 0 Å². The Morgan fingerprint density at radius 3 is 1.41 bits per heavy atom. The van der Waals surface area contributed by atoms with Crippen molar-refractivity contribution in [3.63, 3.8) is 0 Å². The fourth-order valence-corrected chi connectivity index (χ4v) is 3.80. The Balaban J connectivity index is 0.00000181. The van der Waals surface area contributed by atoms with Crippen LogP contribution in [0.5, 0.6) is 0 Å². The second-order valence-electron chi connectivity index (χ2n) is 7.90. The normalized spacial score (nSPS) is 11.1. The minimum absolute atomic E-state index is 0. The van der Waals surface area contributed by atoms with Crippen LogP contribution in [0.2, 0.25) is 0 Å². The van der Waals surface area contributed by atoms with Gasteiger partial charge in [-0.05, 0) is 71.8 Å². The molecule has 0 aliphatic rings.